The quantitative estimate of drug-likeness (QED) is 0.627. The van der Waals surface area contributed by atoms with Crippen LogP contribution in [0.4, 0.5) is 17.6 Å². The molecule has 21 heavy (non-hydrogen) atoms. The van der Waals surface area contributed by atoms with Crippen LogP contribution in [-0.2, 0) is 10.9 Å². The Bertz CT molecular complexity index is 683. The molecule has 0 atom stereocenters. The first-order chi connectivity index (χ1) is 9.86. The third-order valence-corrected chi connectivity index (χ3v) is 2.81. The van der Waals surface area contributed by atoms with Gasteiger partial charge in [0.25, 0.3) is 0 Å². The van der Waals surface area contributed by atoms with E-state index in [4.69, 9.17) is 0 Å². The number of methoxy groups -OCH3 is 1. The molecule has 0 saturated heterocycles. The summed E-state index contributed by atoms with van der Waals surface area (Å²) >= 11 is 0. The Kier molecular flexibility index (Phi) is 3.93. The van der Waals surface area contributed by atoms with E-state index in [-0.39, 0.29) is 11.1 Å². The Morgan fingerprint density at radius 1 is 1.14 bits per heavy atom. The van der Waals surface area contributed by atoms with Gasteiger partial charge in [-0.15, -0.1) is 0 Å². The van der Waals surface area contributed by atoms with Crippen molar-refractivity contribution in [2.45, 2.75) is 6.18 Å². The summed E-state index contributed by atoms with van der Waals surface area (Å²) < 4.78 is 57.2. The Morgan fingerprint density at radius 3 is 2.43 bits per heavy atom. The molecule has 110 valence electrons. The van der Waals surface area contributed by atoms with E-state index < -0.39 is 29.1 Å². The van der Waals surface area contributed by atoms with E-state index in [1.54, 1.807) is 0 Å². The minimum atomic E-state index is -4.64. The standard InChI is InChI=1S/C14H9F4NO2/c1-21-13(20)12-9(6-19-7-11(12)15)8-4-2-3-5-10(8)14(16,17)18/h2-7H,1H3. The van der Waals surface area contributed by atoms with Gasteiger partial charge in [0.15, 0.2) is 5.82 Å². The molecule has 0 aliphatic carbocycles. The van der Waals surface area contributed by atoms with E-state index in [0.29, 0.717) is 0 Å². The van der Waals surface area contributed by atoms with Crippen LogP contribution in [0.15, 0.2) is 36.7 Å². The zero-order chi connectivity index (χ0) is 15.6. The number of hydrogen-bond donors (Lipinski definition) is 0. The molecule has 0 bridgehead atoms. The van der Waals surface area contributed by atoms with E-state index >= 15 is 0 Å². The van der Waals surface area contributed by atoms with Crippen LogP contribution in [0.3, 0.4) is 0 Å². The van der Waals surface area contributed by atoms with Gasteiger partial charge in [0, 0.05) is 11.8 Å². The molecular formula is C14H9F4NO2. The first kappa shape index (κ1) is 15.0. The maximum atomic E-state index is 13.8. The Morgan fingerprint density at radius 2 is 1.81 bits per heavy atom. The van der Waals surface area contributed by atoms with Gasteiger partial charge < -0.3 is 4.74 Å². The van der Waals surface area contributed by atoms with Gasteiger partial charge in [-0.3, -0.25) is 4.98 Å². The van der Waals surface area contributed by atoms with Gasteiger partial charge in [-0.1, -0.05) is 18.2 Å². The predicted octanol–water partition coefficient (Wildman–Crippen LogP) is 3.69. The van der Waals surface area contributed by atoms with Crippen LogP contribution in [0.1, 0.15) is 15.9 Å². The number of alkyl halides is 3. The van der Waals surface area contributed by atoms with Crippen molar-refractivity contribution in [1.29, 1.82) is 0 Å². The van der Waals surface area contributed by atoms with Gasteiger partial charge in [-0.25, -0.2) is 9.18 Å². The number of carbonyl (C=O) groups is 1. The van der Waals surface area contributed by atoms with Gasteiger partial charge in [0.05, 0.1) is 18.9 Å². The third-order valence-electron chi connectivity index (χ3n) is 2.81. The molecule has 0 aliphatic heterocycles. The van der Waals surface area contributed by atoms with Crippen molar-refractivity contribution in [1.82, 2.24) is 4.98 Å². The van der Waals surface area contributed by atoms with Crippen molar-refractivity contribution in [2.24, 2.45) is 0 Å². The van der Waals surface area contributed by atoms with E-state index in [1.807, 2.05) is 0 Å². The molecule has 0 amide bonds. The molecule has 0 fully saturated rings. The van der Waals surface area contributed by atoms with Crippen LogP contribution < -0.4 is 0 Å². The lowest BCUT2D eigenvalue weighted by Crippen LogP contribution is -2.11. The van der Waals surface area contributed by atoms with Crippen molar-refractivity contribution in [3.8, 4) is 11.1 Å². The SMILES string of the molecule is COC(=O)c1c(F)cncc1-c1ccccc1C(F)(F)F. The molecule has 1 aromatic carbocycles. The number of ether oxygens (including phenoxy) is 1. The predicted molar refractivity (Wildman–Crippen MR) is 66.0 cm³/mol. The number of carbonyl (C=O) groups excluding carboxylic acids is 1. The van der Waals surface area contributed by atoms with Gasteiger partial charge in [-0.05, 0) is 11.6 Å². The van der Waals surface area contributed by atoms with E-state index in [0.717, 1.165) is 31.6 Å². The minimum Gasteiger partial charge on any atom is -0.465 e. The fraction of sp³-hybridized carbons (Fsp3) is 0.143. The summed E-state index contributed by atoms with van der Waals surface area (Å²) in [5.74, 6) is -2.11. The fourth-order valence-corrected chi connectivity index (χ4v) is 1.91. The second-order valence-electron chi connectivity index (χ2n) is 4.08. The first-order valence-corrected chi connectivity index (χ1v) is 5.74. The first-order valence-electron chi connectivity index (χ1n) is 5.74. The lowest BCUT2D eigenvalue weighted by molar-refractivity contribution is -0.137. The summed E-state index contributed by atoms with van der Waals surface area (Å²) in [6, 6.07) is 4.56. The van der Waals surface area contributed by atoms with Crippen LogP contribution in [0.2, 0.25) is 0 Å². The molecule has 2 aromatic rings. The zero-order valence-corrected chi connectivity index (χ0v) is 10.7. The molecule has 0 radical (unpaired) electrons. The van der Waals surface area contributed by atoms with Crippen LogP contribution in [0.25, 0.3) is 11.1 Å². The van der Waals surface area contributed by atoms with Crippen LogP contribution in [0, 0.1) is 5.82 Å². The van der Waals surface area contributed by atoms with Crippen molar-refractivity contribution < 1.29 is 27.1 Å². The highest BCUT2D eigenvalue weighted by Gasteiger charge is 2.34. The molecule has 0 spiro atoms. The average molecular weight is 299 g/mol. The second-order valence-corrected chi connectivity index (χ2v) is 4.08. The molecule has 1 aromatic heterocycles. The summed E-state index contributed by atoms with van der Waals surface area (Å²) in [4.78, 5) is 15.1. The number of aromatic nitrogens is 1. The highest BCUT2D eigenvalue weighted by Crippen LogP contribution is 2.38. The summed E-state index contributed by atoms with van der Waals surface area (Å²) in [6.45, 7) is 0. The number of esters is 1. The zero-order valence-electron chi connectivity index (χ0n) is 10.7. The normalized spacial score (nSPS) is 11.3. The number of nitrogens with zero attached hydrogens (tertiary/aromatic N) is 1. The number of pyridine rings is 1. The molecule has 0 N–H and O–H groups in total. The molecular weight excluding hydrogens is 290 g/mol. The summed E-state index contributed by atoms with van der Waals surface area (Å²) in [7, 11) is 1.02. The smallest absolute Gasteiger partial charge is 0.417 e. The number of halogens is 4. The number of rotatable bonds is 2. The highest BCUT2D eigenvalue weighted by atomic mass is 19.4. The minimum absolute atomic E-state index is 0.269. The molecule has 0 saturated carbocycles. The number of hydrogen-bond acceptors (Lipinski definition) is 3. The monoisotopic (exact) mass is 299 g/mol. The van der Waals surface area contributed by atoms with Crippen molar-refractivity contribution >= 4 is 5.97 Å². The van der Waals surface area contributed by atoms with Gasteiger partial charge in [-0.2, -0.15) is 13.2 Å². The topological polar surface area (TPSA) is 39.2 Å². The van der Waals surface area contributed by atoms with E-state index in [1.165, 1.54) is 12.1 Å². The lowest BCUT2D eigenvalue weighted by atomic mass is 9.96. The lowest BCUT2D eigenvalue weighted by Gasteiger charge is -2.14. The molecule has 0 aliphatic rings. The van der Waals surface area contributed by atoms with Gasteiger partial charge in [0.2, 0.25) is 0 Å². The summed E-state index contributed by atoms with van der Waals surface area (Å²) in [5.41, 5.74) is -2.17. The third kappa shape index (κ3) is 2.86. The molecule has 0 unspecified atom stereocenters. The highest BCUT2D eigenvalue weighted by molar-refractivity contribution is 5.97. The Balaban J connectivity index is 2.75. The molecule has 7 heteroatoms. The maximum Gasteiger partial charge on any atom is 0.417 e. The second kappa shape index (κ2) is 5.51. The summed E-state index contributed by atoms with van der Waals surface area (Å²) in [6.07, 6.45) is -2.90. The van der Waals surface area contributed by atoms with Crippen LogP contribution >= 0.6 is 0 Å². The maximum absolute atomic E-state index is 13.8. The fourth-order valence-electron chi connectivity index (χ4n) is 1.91. The van der Waals surface area contributed by atoms with Gasteiger partial charge >= 0.3 is 12.1 Å². The molecule has 1 heterocycles. The summed E-state index contributed by atoms with van der Waals surface area (Å²) in [5, 5.41) is 0. The van der Waals surface area contributed by atoms with Gasteiger partial charge in [0.1, 0.15) is 5.56 Å². The Hall–Kier alpha value is -2.44. The average Bonchev–Trinajstić information content (AvgIpc) is 2.45. The van der Waals surface area contributed by atoms with Crippen molar-refractivity contribution in [3.63, 3.8) is 0 Å². The van der Waals surface area contributed by atoms with Crippen molar-refractivity contribution in [2.75, 3.05) is 7.11 Å². The van der Waals surface area contributed by atoms with Crippen LogP contribution in [0.5, 0.6) is 0 Å². The van der Waals surface area contributed by atoms with Crippen molar-refractivity contribution in [3.05, 3.63) is 53.6 Å². The van der Waals surface area contributed by atoms with Crippen LogP contribution in [-0.4, -0.2) is 18.1 Å². The molecule has 2 rings (SSSR count). The van der Waals surface area contributed by atoms with E-state index in [9.17, 15) is 22.4 Å². The van der Waals surface area contributed by atoms with E-state index in [2.05, 4.69) is 9.72 Å². The largest absolute Gasteiger partial charge is 0.465 e. The number of benzene rings is 1. The Labute approximate surface area is 117 Å². The molecule has 3 nitrogen and oxygen atoms in total.